The zero-order valence-electron chi connectivity index (χ0n) is 19.1. The van der Waals surface area contributed by atoms with E-state index in [-0.39, 0.29) is 30.5 Å². The summed E-state index contributed by atoms with van der Waals surface area (Å²) in [6.45, 7) is 14.4. The SMILES string of the molecule is CCOc1cc(CNCCCN2CCOCC2)cc(Cl)c1OCC(=O)NC(C)(C)C.Cl. The lowest BCUT2D eigenvalue weighted by Crippen LogP contribution is -2.43. The van der Waals surface area contributed by atoms with Gasteiger partial charge in [-0.15, -0.1) is 12.4 Å². The Balaban J connectivity index is 0.00000480. The summed E-state index contributed by atoms with van der Waals surface area (Å²) >= 11 is 6.45. The minimum Gasteiger partial charge on any atom is -0.490 e. The molecule has 1 fully saturated rings. The van der Waals surface area contributed by atoms with Crippen LogP contribution in [0.5, 0.6) is 11.5 Å². The van der Waals surface area contributed by atoms with Crippen molar-refractivity contribution in [3.8, 4) is 11.5 Å². The van der Waals surface area contributed by atoms with Crippen molar-refractivity contribution in [2.45, 2.75) is 46.2 Å². The lowest BCUT2D eigenvalue weighted by molar-refractivity contribution is -0.124. The molecule has 31 heavy (non-hydrogen) atoms. The average Bonchev–Trinajstić information content (AvgIpc) is 2.67. The Morgan fingerprint density at radius 1 is 1.23 bits per heavy atom. The number of carbonyl (C=O) groups is 1. The van der Waals surface area contributed by atoms with Crippen LogP contribution < -0.4 is 20.1 Å². The molecule has 1 saturated heterocycles. The predicted octanol–water partition coefficient (Wildman–Crippen LogP) is 3.27. The first kappa shape index (κ1) is 27.8. The van der Waals surface area contributed by atoms with Gasteiger partial charge in [0, 0.05) is 25.2 Å². The van der Waals surface area contributed by atoms with Gasteiger partial charge in [0.05, 0.1) is 24.8 Å². The third-order valence-corrected chi connectivity index (χ3v) is 4.77. The molecule has 1 aliphatic rings. The Morgan fingerprint density at radius 2 is 1.94 bits per heavy atom. The molecular weight excluding hydrogens is 441 g/mol. The molecule has 2 rings (SSSR count). The summed E-state index contributed by atoms with van der Waals surface area (Å²) < 4.78 is 16.8. The number of rotatable bonds is 11. The molecular formula is C22H37Cl2N3O4. The molecule has 0 spiro atoms. The number of carbonyl (C=O) groups excluding carboxylic acids is 1. The Hall–Kier alpha value is -1.25. The molecule has 0 aliphatic carbocycles. The van der Waals surface area contributed by atoms with E-state index in [2.05, 4.69) is 15.5 Å². The van der Waals surface area contributed by atoms with E-state index in [1.54, 1.807) is 0 Å². The van der Waals surface area contributed by atoms with E-state index in [0.717, 1.165) is 51.4 Å². The molecule has 9 heteroatoms. The van der Waals surface area contributed by atoms with Crippen molar-refractivity contribution in [2.75, 3.05) is 52.6 Å². The Kier molecular flexibility index (Phi) is 12.6. The van der Waals surface area contributed by atoms with Gasteiger partial charge in [-0.1, -0.05) is 11.6 Å². The lowest BCUT2D eigenvalue weighted by atomic mass is 10.1. The van der Waals surface area contributed by atoms with Crippen LogP contribution >= 0.6 is 24.0 Å². The van der Waals surface area contributed by atoms with E-state index in [1.807, 2.05) is 39.8 Å². The molecule has 7 nitrogen and oxygen atoms in total. The molecule has 1 amide bonds. The van der Waals surface area contributed by atoms with E-state index in [4.69, 9.17) is 25.8 Å². The fourth-order valence-electron chi connectivity index (χ4n) is 3.20. The van der Waals surface area contributed by atoms with E-state index in [9.17, 15) is 4.79 Å². The van der Waals surface area contributed by atoms with Gasteiger partial charge < -0.3 is 24.8 Å². The van der Waals surface area contributed by atoms with Crippen LogP contribution in [0.4, 0.5) is 0 Å². The van der Waals surface area contributed by atoms with Gasteiger partial charge >= 0.3 is 0 Å². The molecule has 1 aromatic carbocycles. The van der Waals surface area contributed by atoms with Gasteiger partial charge in [0.15, 0.2) is 18.1 Å². The summed E-state index contributed by atoms with van der Waals surface area (Å²) in [5.74, 6) is 0.754. The maximum Gasteiger partial charge on any atom is 0.258 e. The van der Waals surface area contributed by atoms with Gasteiger partial charge in [0.2, 0.25) is 0 Å². The number of nitrogens with zero attached hydrogens (tertiary/aromatic N) is 1. The number of halogens is 2. The number of hydrogen-bond acceptors (Lipinski definition) is 6. The maximum absolute atomic E-state index is 12.1. The minimum absolute atomic E-state index is 0. The molecule has 0 unspecified atom stereocenters. The normalized spacial score (nSPS) is 14.6. The van der Waals surface area contributed by atoms with Gasteiger partial charge in [-0.3, -0.25) is 9.69 Å². The largest absolute Gasteiger partial charge is 0.490 e. The zero-order chi connectivity index (χ0) is 22.0. The molecule has 1 aromatic rings. The number of hydrogen-bond donors (Lipinski definition) is 2. The lowest BCUT2D eigenvalue weighted by Gasteiger charge is -2.26. The van der Waals surface area contributed by atoms with Gasteiger partial charge in [0.1, 0.15) is 0 Å². The van der Waals surface area contributed by atoms with Gasteiger partial charge in [-0.2, -0.15) is 0 Å². The first-order chi connectivity index (χ1) is 14.3. The number of nitrogens with one attached hydrogen (secondary N) is 2. The first-order valence-electron chi connectivity index (χ1n) is 10.7. The van der Waals surface area contributed by atoms with E-state index >= 15 is 0 Å². The third-order valence-electron chi connectivity index (χ3n) is 4.49. The fourth-order valence-corrected chi connectivity index (χ4v) is 3.49. The molecule has 2 N–H and O–H groups in total. The van der Waals surface area contributed by atoms with Crippen molar-refractivity contribution in [2.24, 2.45) is 0 Å². The molecule has 0 atom stereocenters. The van der Waals surface area contributed by atoms with Crippen LogP contribution in [0, 0.1) is 0 Å². The highest BCUT2D eigenvalue weighted by Crippen LogP contribution is 2.36. The summed E-state index contributed by atoms with van der Waals surface area (Å²) in [5, 5.41) is 6.76. The molecule has 0 radical (unpaired) electrons. The highest BCUT2D eigenvalue weighted by molar-refractivity contribution is 6.32. The summed E-state index contributed by atoms with van der Waals surface area (Å²) in [6.07, 6.45) is 1.08. The van der Waals surface area contributed by atoms with Crippen molar-refractivity contribution >= 4 is 29.9 Å². The second-order valence-corrected chi connectivity index (χ2v) is 8.82. The van der Waals surface area contributed by atoms with Crippen LogP contribution in [0.1, 0.15) is 39.7 Å². The van der Waals surface area contributed by atoms with Crippen LogP contribution in [0.3, 0.4) is 0 Å². The van der Waals surface area contributed by atoms with Crippen molar-refractivity contribution in [1.29, 1.82) is 0 Å². The second kappa shape index (κ2) is 14.0. The molecule has 1 aliphatic heterocycles. The second-order valence-electron chi connectivity index (χ2n) is 8.41. The molecule has 1 heterocycles. The summed E-state index contributed by atoms with van der Waals surface area (Å²) in [6, 6.07) is 3.78. The summed E-state index contributed by atoms with van der Waals surface area (Å²) in [4.78, 5) is 14.5. The number of amides is 1. The molecule has 0 saturated carbocycles. The van der Waals surface area contributed by atoms with Crippen molar-refractivity contribution in [1.82, 2.24) is 15.5 Å². The van der Waals surface area contributed by atoms with Crippen molar-refractivity contribution in [3.05, 3.63) is 22.7 Å². The topological polar surface area (TPSA) is 72.1 Å². The Labute approximate surface area is 197 Å². The number of morpholine rings is 1. The zero-order valence-corrected chi connectivity index (χ0v) is 20.7. The van der Waals surface area contributed by atoms with Crippen LogP contribution in [-0.2, 0) is 16.1 Å². The monoisotopic (exact) mass is 477 g/mol. The van der Waals surface area contributed by atoms with Crippen LogP contribution in [-0.4, -0.2) is 69.0 Å². The smallest absolute Gasteiger partial charge is 0.258 e. The minimum atomic E-state index is -0.315. The van der Waals surface area contributed by atoms with E-state index in [1.165, 1.54) is 0 Å². The van der Waals surface area contributed by atoms with Crippen molar-refractivity contribution < 1.29 is 19.0 Å². The summed E-state index contributed by atoms with van der Waals surface area (Å²) in [7, 11) is 0. The molecule has 0 aromatic heterocycles. The molecule has 178 valence electrons. The highest BCUT2D eigenvalue weighted by atomic mass is 35.5. The van der Waals surface area contributed by atoms with Crippen molar-refractivity contribution in [3.63, 3.8) is 0 Å². The molecule has 0 bridgehead atoms. The fraction of sp³-hybridized carbons (Fsp3) is 0.682. The Bertz CT molecular complexity index is 677. The van der Waals surface area contributed by atoms with E-state index in [0.29, 0.717) is 29.7 Å². The van der Waals surface area contributed by atoms with Crippen LogP contribution in [0.25, 0.3) is 0 Å². The van der Waals surface area contributed by atoms with E-state index < -0.39 is 0 Å². The van der Waals surface area contributed by atoms with Crippen LogP contribution in [0.15, 0.2) is 12.1 Å². The quantitative estimate of drug-likeness (QED) is 0.476. The highest BCUT2D eigenvalue weighted by Gasteiger charge is 2.17. The predicted molar refractivity (Wildman–Crippen MR) is 127 cm³/mol. The van der Waals surface area contributed by atoms with Crippen LogP contribution in [0.2, 0.25) is 5.02 Å². The van der Waals surface area contributed by atoms with Gasteiger partial charge in [-0.25, -0.2) is 0 Å². The summed E-state index contributed by atoms with van der Waals surface area (Å²) in [5.41, 5.74) is 0.700. The standard InChI is InChI=1S/C22H36ClN3O4.ClH/c1-5-29-19-14-17(15-24-7-6-8-26-9-11-28-12-10-26)13-18(23)21(19)30-16-20(27)25-22(2,3)4;/h13-14,24H,5-12,15-16H2,1-4H3,(H,25,27);1H. The Morgan fingerprint density at radius 3 is 2.58 bits per heavy atom. The van der Waals surface area contributed by atoms with Gasteiger partial charge in [0.25, 0.3) is 5.91 Å². The number of ether oxygens (including phenoxy) is 3. The first-order valence-corrected chi connectivity index (χ1v) is 11.1. The third kappa shape index (κ3) is 10.7. The average molecular weight is 478 g/mol. The maximum atomic E-state index is 12.1. The van der Waals surface area contributed by atoms with Gasteiger partial charge in [-0.05, 0) is 64.9 Å². The number of benzene rings is 1.